The van der Waals surface area contributed by atoms with Gasteiger partial charge in [-0.3, -0.25) is 14.7 Å². The first-order valence-corrected chi connectivity index (χ1v) is 11.1. The first kappa shape index (κ1) is 19.8. The Hall–Kier alpha value is -3.18. The van der Waals surface area contributed by atoms with Crippen molar-refractivity contribution in [3.63, 3.8) is 0 Å². The maximum absolute atomic E-state index is 12.8. The highest BCUT2D eigenvalue weighted by Crippen LogP contribution is 2.22. The minimum absolute atomic E-state index is 0.258. The zero-order chi connectivity index (χ0) is 21.2. The van der Waals surface area contributed by atoms with E-state index in [9.17, 15) is 4.79 Å². The van der Waals surface area contributed by atoms with Crippen molar-refractivity contribution in [3.8, 4) is 0 Å². The molecule has 1 aliphatic rings. The molecule has 4 aromatic rings. The molecule has 5 rings (SSSR count). The third-order valence-electron chi connectivity index (χ3n) is 6.37. The minimum Gasteiger partial charge on any atom is -0.361 e. The molecule has 1 saturated heterocycles. The van der Waals surface area contributed by atoms with Crippen LogP contribution in [0.15, 0.2) is 60.9 Å². The van der Waals surface area contributed by atoms with Gasteiger partial charge in [0.25, 0.3) is 0 Å². The van der Waals surface area contributed by atoms with Crippen LogP contribution in [0.5, 0.6) is 0 Å². The lowest BCUT2D eigenvalue weighted by Crippen LogP contribution is -2.48. The first-order chi connectivity index (χ1) is 15.2. The molecule has 2 aromatic heterocycles. The number of aromatic amines is 1. The van der Waals surface area contributed by atoms with Crippen molar-refractivity contribution in [1.29, 1.82) is 0 Å². The molecule has 0 spiro atoms. The number of nitrogens with zero attached hydrogens (tertiary/aromatic N) is 3. The van der Waals surface area contributed by atoms with E-state index in [2.05, 4.69) is 64.3 Å². The van der Waals surface area contributed by atoms with E-state index in [0.717, 1.165) is 50.2 Å². The topological polar surface area (TPSA) is 52.2 Å². The molecule has 1 aliphatic heterocycles. The summed E-state index contributed by atoms with van der Waals surface area (Å²) in [6.07, 6.45) is 5.25. The molecule has 1 N–H and O–H groups in total. The number of pyridine rings is 1. The van der Waals surface area contributed by atoms with E-state index in [1.165, 1.54) is 27.5 Å². The molecule has 0 aliphatic carbocycles. The Morgan fingerprint density at radius 1 is 1.03 bits per heavy atom. The Labute approximate surface area is 182 Å². The van der Waals surface area contributed by atoms with E-state index in [0.29, 0.717) is 6.42 Å². The van der Waals surface area contributed by atoms with Crippen LogP contribution in [0.4, 0.5) is 0 Å². The number of hydrogen-bond acceptors (Lipinski definition) is 3. The number of hydrogen-bond donors (Lipinski definition) is 1. The van der Waals surface area contributed by atoms with Gasteiger partial charge < -0.3 is 9.88 Å². The molecule has 0 saturated carbocycles. The predicted molar refractivity (Wildman–Crippen MR) is 125 cm³/mol. The van der Waals surface area contributed by atoms with Gasteiger partial charge in [0, 0.05) is 67.8 Å². The summed E-state index contributed by atoms with van der Waals surface area (Å²) in [7, 11) is 0. The number of fused-ring (bicyclic) bond motifs is 2. The van der Waals surface area contributed by atoms with Gasteiger partial charge in [-0.2, -0.15) is 0 Å². The van der Waals surface area contributed by atoms with Gasteiger partial charge in [0.05, 0.1) is 5.52 Å². The summed E-state index contributed by atoms with van der Waals surface area (Å²) in [5.74, 6) is 0.258. The van der Waals surface area contributed by atoms with Crippen LogP contribution in [0.3, 0.4) is 0 Å². The van der Waals surface area contributed by atoms with Crippen molar-refractivity contribution in [3.05, 3.63) is 77.6 Å². The molecule has 3 heterocycles. The van der Waals surface area contributed by atoms with E-state index < -0.39 is 0 Å². The second-order valence-corrected chi connectivity index (χ2v) is 8.51. The van der Waals surface area contributed by atoms with Crippen molar-refractivity contribution >= 4 is 27.7 Å². The van der Waals surface area contributed by atoms with Gasteiger partial charge in [-0.05, 0) is 42.7 Å². The molecule has 2 aromatic carbocycles. The van der Waals surface area contributed by atoms with Crippen LogP contribution in [0, 0.1) is 6.92 Å². The molecule has 0 radical (unpaired) electrons. The highest BCUT2D eigenvalue weighted by Gasteiger charge is 2.21. The Morgan fingerprint density at radius 3 is 2.74 bits per heavy atom. The zero-order valence-corrected chi connectivity index (χ0v) is 18.0. The van der Waals surface area contributed by atoms with Crippen molar-refractivity contribution in [2.45, 2.75) is 26.3 Å². The summed E-state index contributed by atoms with van der Waals surface area (Å²) >= 11 is 0. The highest BCUT2D eigenvalue weighted by atomic mass is 16.2. The molecular weight excluding hydrogens is 384 g/mol. The summed E-state index contributed by atoms with van der Waals surface area (Å²) in [5.41, 5.74) is 5.96. The van der Waals surface area contributed by atoms with Crippen molar-refractivity contribution < 1.29 is 4.79 Å². The van der Waals surface area contributed by atoms with Crippen molar-refractivity contribution in [2.24, 2.45) is 0 Å². The van der Waals surface area contributed by atoms with Crippen LogP contribution < -0.4 is 0 Å². The van der Waals surface area contributed by atoms with Gasteiger partial charge in [0.2, 0.25) is 5.91 Å². The van der Waals surface area contributed by atoms with Crippen LogP contribution in [-0.2, 0) is 17.8 Å². The molecule has 158 valence electrons. The largest absolute Gasteiger partial charge is 0.361 e. The summed E-state index contributed by atoms with van der Waals surface area (Å²) in [5, 5.41) is 2.42. The lowest BCUT2D eigenvalue weighted by molar-refractivity contribution is -0.132. The molecule has 31 heavy (non-hydrogen) atoms. The Kier molecular flexibility index (Phi) is 5.43. The number of piperazine rings is 1. The molecule has 1 amide bonds. The molecule has 5 heteroatoms. The van der Waals surface area contributed by atoms with Crippen LogP contribution in [0.2, 0.25) is 0 Å². The number of rotatable bonds is 5. The molecular formula is C26H28N4O. The average molecular weight is 413 g/mol. The van der Waals surface area contributed by atoms with Gasteiger partial charge in [0.1, 0.15) is 0 Å². The second-order valence-electron chi connectivity index (χ2n) is 8.51. The number of H-pyrrole nitrogens is 1. The van der Waals surface area contributed by atoms with E-state index in [1.54, 1.807) is 0 Å². The molecule has 5 nitrogen and oxygen atoms in total. The average Bonchev–Trinajstić information content (AvgIpc) is 3.20. The number of carbonyl (C=O) groups excluding carboxylic acids is 1. The number of benzene rings is 2. The maximum atomic E-state index is 12.8. The van der Waals surface area contributed by atoms with E-state index >= 15 is 0 Å². The lowest BCUT2D eigenvalue weighted by Gasteiger charge is -2.35. The monoisotopic (exact) mass is 412 g/mol. The fraction of sp³-hybridized carbons (Fsp3) is 0.308. The van der Waals surface area contributed by atoms with E-state index in [4.69, 9.17) is 0 Å². The van der Waals surface area contributed by atoms with Crippen molar-refractivity contribution in [2.75, 3.05) is 26.2 Å². The number of amides is 1. The van der Waals surface area contributed by atoms with Gasteiger partial charge in [0.15, 0.2) is 0 Å². The van der Waals surface area contributed by atoms with Crippen LogP contribution >= 0.6 is 0 Å². The first-order valence-electron chi connectivity index (χ1n) is 11.1. The highest BCUT2D eigenvalue weighted by molar-refractivity contribution is 5.85. The molecule has 0 bridgehead atoms. The number of aryl methyl sites for hydroxylation is 2. The fourth-order valence-electron chi connectivity index (χ4n) is 4.59. The van der Waals surface area contributed by atoms with Crippen molar-refractivity contribution in [1.82, 2.24) is 19.8 Å². The van der Waals surface area contributed by atoms with Gasteiger partial charge in [-0.15, -0.1) is 0 Å². The molecule has 0 atom stereocenters. The Morgan fingerprint density at radius 2 is 1.87 bits per heavy atom. The van der Waals surface area contributed by atoms with E-state index in [1.807, 2.05) is 23.4 Å². The summed E-state index contributed by atoms with van der Waals surface area (Å²) in [6, 6.07) is 16.9. The SMILES string of the molecule is Cc1ccc2[nH]cc(CCC(=O)N3CCN(Cc4cccc5cccnc45)CC3)c2c1. The summed E-state index contributed by atoms with van der Waals surface area (Å²) in [4.78, 5) is 25.2. The molecule has 1 fully saturated rings. The second kappa shape index (κ2) is 8.52. The lowest BCUT2D eigenvalue weighted by atomic mass is 10.1. The standard InChI is InChI=1S/C26H28N4O/c1-19-7-9-24-23(16-19)21(17-28-24)8-10-25(31)30-14-12-29(13-15-30)18-22-5-2-4-20-6-3-11-27-26(20)22/h2-7,9,11,16-17,28H,8,10,12-15,18H2,1H3. The van der Waals surface area contributed by atoms with Crippen LogP contribution in [0.1, 0.15) is 23.1 Å². The Bertz CT molecular complexity index is 1220. The maximum Gasteiger partial charge on any atom is 0.222 e. The quantitative estimate of drug-likeness (QED) is 0.532. The predicted octanol–water partition coefficient (Wildman–Crippen LogP) is 4.30. The van der Waals surface area contributed by atoms with Crippen LogP contribution in [-0.4, -0.2) is 51.9 Å². The zero-order valence-electron chi connectivity index (χ0n) is 18.0. The van der Waals surface area contributed by atoms with Gasteiger partial charge >= 0.3 is 0 Å². The molecule has 0 unspecified atom stereocenters. The Balaban J connectivity index is 1.16. The number of carbonyl (C=O) groups is 1. The smallest absolute Gasteiger partial charge is 0.222 e. The number of aromatic nitrogens is 2. The van der Waals surface area contributed by atoms with Gasteiger partial charge in [-0.25, -0.2) is 0 Å². The fourth-order valence-corrected chi connectivity index (χ4v) is 4.59. The number of nitrogens with one attached hydrogen (secondary N) is 1. The third kappa shape index (κ3) is 4.19. The summed E-state index contributed by atoms with van der Waals surface area (Å²) < 4.78 is 0. The number of para-hydroxylation sites is 1. The van der Waals surface area contributed by atoms with E-state index in [-0.39, 0.29) is 5.91 Å². The third-order valence-corrected chi connectivity index (χ3v) is 6.37. The summed E-state index contributed by atoms with van der Waals surface area (Å²) in [6.45, 7) is 6.39. The van der Waals surface area contributed by atoms with Gasteiger partial charge in [-0.1, -0.05) is 35.9 Å². The minimum atomic E-state index is 0.258. The normalized spacial score (nSPS) is 15.1. The van der Waals surface area contributed by atoms with Crippen LogP contribution in [0.25, 0.3) is 21.8 Å².